The Kier molecular flexibility index (Phi) is 6.03. The number of nitrogens with one attached hydrogen (secondary N) is 1. The summed E-state index contributed by atoms with van der Waals surface area (Å²) in [6.45, 7) is 7.43. The second-order valence-electron chi connectivity index (χ2n) is 8.33. The molecule has 4 heterocycles. The molecule has 0 radical (unpaired) electrons. The van der Waals surface area contributed by atoms with E-state index in [9.17, 15) is 4.79 Å². The Morgan fingerprint density at radius 1 is 1.26 bits per heavy atom. The topological polar surface area (TPSA) is 61.4 Å². The van der Waals surface area contributed by atoms with Gasteiger partial charge in [-0.15, -0.1) is 0 Å². The maximum atomic E-state index is 13.0. The zero-order chi connectivity index (χ0) is 18.6. The van der Waals surface area contributed by atoms with Crippen molar-refractivity contribution in [2.75, 3.05) is 32.7 Å². The average molecular weight is 372 g/mol. The van der Waals surface area contributed by atoms with E-state index in [1.807, 2.05) is 6.20 Å². The van der Waals surface area contributed by atoms with Crippen LogP contribution in [0.4, 0.5) is 0 Å². The molecule has 0 saturated carbocycles. The number of hydrogen-bond acceptors (Lipinski definition) is 5. The molecule has 6 nitrogen and oxygen atoms in total. The first-order valence-electron chi connectivity index (χ1n) is 10.8. The maximum absolute atomic E-state index is 13.0. The van der Waals surface area contributed by atoms with E-state index in [0.717, 1.165) is 64.2 Å². The van der Waals surface area contributed by atoms with E-state index in [4.69, 9.17) is 4.98 Å². The molecule has 0 spiro atoms. The first-order chi connectivity index (χ1) is 13.2. The molecular formula is C21H33N5O. The summed E-state index contributed by atoms with van der Waals surface area (Å²) in [5.41, 5.74) is 2.42. The fourth-order valence-corrected chi connectivity index (χ4v) is 4.87. The molecule has 0 aliphatic carbocycles. The molecule has 1 amide bonds. The molecule has 2 fully saturated rings. The smallest absolute Gasteiger partial charge is 0.236 e. The summed E-state index contributed by atoms with van der Waals surface area (Å²) < 4.78 is 0. The largest absolute Gasteiger partial charge is 0.341 e. The molecule has 148 valence electrons. The van der Waals surface area contributed by atoms with E-state index < -0.39 is 0 Å². The van der Waals surface area contributed by atoms with Gasteiger partial charge in [-0.1, -0.05) is 13.3 Å². The molecule has 2 saturated heterocycles. The third-order valence-electron chi connectivity index (χ3n) is 6.52. The molecule has 2 atom stereocenters. The van der Waals surface area contributed by atoms with Crippen molar-refractivity contribution in [3.63, 3.8) is 0 Å². The molecule has 27 heavy (non-hydrogen) atoms. The van der Waals surface area contributed by atoms with Gasteiger partial charge in [0.1, 0.15) is 5.82 Å². The summed E-state index contributed by atoms with van der Waals surface area (Å²) in [5, 5.41) is 3.37. The van der Waals surface area contributed by atoms with Gasteiger partial charge in [-0.05, 0) is 38.6 Å². The zero-order valence-electron chi connectivity index (χ0n) is 16.6. The maximum Gasteiger partial charge on any atom is 0.236 e. The van der Waals surface area contributed by atoms with Crippen LogP contribution in [0.2, 0.25) is 0 Å². The van der Waals surface area contributed by atoms with Crippen LogP contribution in [0.25, 0.3) is 0 Å². The highest BCUT2D eigenvalue weighted by atomic mass is 16.2. The fraction of sp³-hybridized carbons (Fsp3) is 0.762. The minimum Gasteiger partial charge on any atom is -0.341 e. The third-order valence-corrected chi connectivity index (χ3v) is 6.52. The molecule has 1 aromatic heterocycles. The van der Waals surface area contributed by atoms with Gasteiger partial charge in [0.15, 0.2) is 0 Å². The molecule has 6 heteroatoms. The van der Waals surface area contributed by atoms with Crippen LogP contribution in [0, 0.1) is 0 Å². The predicted octanol–water partition coefficient (Wildman–Crippen LogP) is 2.09. The highest BCUT2D eigenvalue weighted by Crippen LogP contribution is 2.26. The predicted molar refractivity (Wildman–Crippen MR) is 106 cm³/mol. The lowest BCUT2D eigenvalue weighted by Crippen LogP contribution is -2.48. The number of rotatable bonds is 4. The number of hydrogen-bond donors (Lipinski definition) is 1. The Labute approximate surface area is 162 Å². The van der Waals surface area contributed by atoms with E-state index in [-0.39, 0.29) is 5.92 Å². The number of aromatic nitrogens is 2. The van der Waals surface area contributed by atoms with E-state index in [2.05, 4.69) is 27.0 Å². The number of fused-ring (bicyclic) bond motifs is 1. The highest BCUT2D eigenvalue weighted by molar-refractivity contribution is 5.78. The summed E-state index contributed by atoms with van der Waals surface area (Å²) in [4.78, 5) is 27.0. The second-order valence-corrected chi connectivity index (χ2v) is 8.33. The minimum atomic E-state index is 0.284. The van der Waals surface area contributed by atoms with Gasteiger partial charge in [0.05, 0.1) is 6.54 Å². The van der Waals surface area contributed by atoms with Crippen LogP contribution in [0.3, 0.4) is 0 Å². The number of likely N-dealkylation sites (tertiary alicyclic amines) is 2. The quantitative estimate of drug-likeness (QED) is 0.878. The first-order valence-corrected chi connectivity index (χ1v) is 10.8. The monoisotopic (exact) mass is 371 g/mol. The highest BCUT2D eigenvalue weighted by Gasteiger charge is 2.30. The number of amides is 1. The molecule has 4 rings (SSSR count). The Hall–Kier alpha value is -1.53. The van der Waals surface area contributed by atoms with Gasteiger partial charge in [-0.2, -0.15) is 0 Å². The van der Waals surface area contributed by atoms with E-state index >= 15 is 0 Å². The van der Waals surface area contributed by atoms with Crippen LogP contribution in [-0.4, -0.2) is 64.4 Å². The molecular weight excluding hydrogens is 338 g/mol. The molecule has 1 aromatic rings. The number of piperidine rings is 2. The molecule has 3 aliphatic rings. The lowest BCUT2D eigenvalue weighted by atomic mass is 9.96. The molecule has 0 aromatic carbocycles. The molecule has 1 N–H and O–H groups in total. The van der Waals surface area contributed by atoms with Gasteiger partial charge in [-0.25, -0.2) is 9.97 Å². The van der Waals surface area contributed by atoms with Crippen molar-refractivity contribution in [3.8, 4) is 0 Å². The fourth-order valence-electron chi connectivity index (χ4n) is 4.87. The normalized spacial score (nSPS) is 26.6. The van der Waals surface area contributed by atoms with E-state index in [1.165, 1.54) is 30.5 Å². The van der Waals surface area contributed by atoms with Crippen LogP contribution in [0.5, 0.6) is 0 Å². The van der Waals surface area contributed by atoms with Crippen LogP contribution < -0.4 is 5.32 Å². The zero-order valence-corrected chi connectivity index (χ0v) is 16.6. The van der Waals surface area contributed by atoms with Gasteiger partial charge < -0.3 is 10.2 Å². The minimum absolute atomic E-state index is 0.284. The summed E-state index contributed by atoms with van der Waals surface area (Å²) in [5.74, 6) is 1.52. The van der Waals surface area contributed by atoms with Gasteiger partial charge in [0, 0.05) is 62.0 Å². The summed E-state index contributed by atoms with van der Waals surface area (Å²) in [6, 6.07) is 0.584. The van der Waals surface area contributed by atoms with Crippen LogP contribution >= 0.6 is 0 Å². The van der Waals surface area contributed by atoms with Crippen molar-refractivity contribution in [1.29, 1.82) is 0 Å². The van der Waals surface area contributed by atoms with Crippen molar-refractivity contribution in [1.82, 2.24) is 25.1 Å². The van der Waals surface area contributed by atoms with Crippen molar-refractivity contribution in [2.24, 2.45) is 0 Å². The summed E-state index contributed by atoms with van der Waals surface area (Å²) in [7, 11) is 0. The first kappa shape index (κ1) is 18.8. The van der Waals surface area contributed by atoms with Crippen LogP contribution in [0.1, 0.15) is 68.4 Å². The lowest BCUT2D eigenvalue weighted by Gasteiger charge is -2.38. The average Bonchev–Trinajstić information content (AvgIpc) is 2.74. The van der Waals surface area contributed by atoms with Gasteiger partial charge in [0.25, 0.3) is 0 Å². The third kappa shape index (κ3) is 4.32. The molecule has 3 aliphatic heterocycles. The van der Waals surface area contributed by atoms with Crippen molar-refractivity contribution in [2.45, 2.75) is 70.4 Å². The van der Waals surface area contributed by atoms with E-state index in [1.54, 1.807) is 0 Å². The Bertz CT molecular complexity index is 664. The van der Waals surface area contributed by atoms with Crippen LogP contribution in [-0.2, 0) is 17.8 Å². The van der Waals surface area contributed by atoms with Crippen molar-refractivity contribution in [3.05, 3.63) is 23.3 Å². The summed E-state index contributed by atoms with van der Waals surface area (Å²) >= 11 is 0. The second kappa shape index (κ2) is 8.65. The number of carbonyl (C=O) groups excluding carboxylic acids is 1. The molecule has 0 bridgehead atoms. The SMILES string of the molecule is CC[C@@H]1CCCCN1CC(=O)N1CCC[C@H](c2ncc3c(n2)CCNC3)C1. The molecule has 0 unspecified atom stereocenters. The number of nitrogens with zero attached hydrogens (tertiary/aromatic N) is 4. The van der Waals surface area contributed by atoms with Gasteiger partial charge in [-0.3, -0.25) is 9.69 Å². The van der Waals surface area contributed by atoms with Crippen molar-refractivity contribution < 1.29 is 4.79 Å². The summed E-state index contributed by atoms with van der Waals surface area (Å²) in [6.07, 6.45) is 10.0. The Morgan fingerprint density at radius 3 is 3.07 bits per heavy atom. The van der Waals surface area contributed by atoms with Crippen LogP contribution in [0.15, 0.2) is 6.20 Å². The Balaban J connectivity index is 1.39. The lowest BCUT2D eigenvalue weighted by molar-refractivity contribution is -0.134. The number of carbonyl (C=O) groups is 1. The van der Waals surface area contributed by atoms with Gasteiger partial charge in [0.2, 0.25) is 5.91 Å². The standard InChI is InChI=1S/C21H33N5O/c1-2-18-7-3-4-10-25(18)15-20(27)26-11-5-6-16(14-26)21-23-13-17-12-22-9-8-19(17)24-21/h13,16,18,22H,2-12,14-15H2,1H3/t16-,18+/m0/s1. The van der Waals surface area contributed by atoms with Gasteiger partial charge >= 0.3 is 0 Å². The van der Waals surface area contributed by atoms with Crippen molar-refractivity contribution >= 4 is 5.91 Å². The van der Waals surface area contributed by atoms with E-state index in [0.29, 0.717) is 18.5 Å². The Morgan fingerprint density at radius 2 is 2.19 bits per heavy atom.